The molecular formula is C10H23NO5. The van der Waals surface area contributed by atoms with E-state index in [4.69, 9.17) is 20.3 Å². The molecule has 0 aromatic carbocycles. The lowest BCUT2D eigenvalue weighted by Crippen LogP contribution is -2.50. The van der Waals surface area contributed by atoms with Crippen LogP contribution in [0.2, 0.25) is 0 Å². The van der Waals surface area contributed by atoms with Gasteiger partial charge < -0.3 is 30.5 Å². The zero-order valence-electron chi connectivity index (χ0n) is 9.87. The Bertz CT molecular complexity index is 169. The van der Waals surface area contributed by atoms with Gasteiger partial charge in [0.05, 0.1) is 19.3 Å². The lowest BCUT2D eigenvalue weighted by Gasteiger charge is -2.36. The molecule has 0 aromatic rings. The molecule has 4 unspecified atom stereocenters. The Morgan fingerprint density at radius 1 is 1.31 bits per heavy atom. The monoisotopic (exact) mass is 237 g/mol. The van der Waals surface area contributed by atoms with E-state index in [0.717, 1.165) is 0 Å². The highest BCUT2D eigenvalue weighted by Crippen LogP contribution is 2.20. The van der Waals surface area contributed by atoms with Crippen LogP contribution in [0.5, 0.6) is 0 Å². The van der Waals surface area contributed by atoms with E-state index >= 15 is 0 Å². The highest BCUT2D eigenvalue weighted by Gasteiger charge is 2.36. The maximum atomic E-state index is 9.45. The topological polar surface area (TPSA) is 105 Å². The normalized spacial score (nSPS) is 34.1. The molecular weight excluding hydrogens is 214 g/mol. The van der Waals surface area contributed by atoms with E-state index in [1.54, 1.807) is 0 Å². The fourth-order valence-electron chi connectivity index (χ4n) is 1.36. The maximum absolute atomic E-state index is 9.45. The summed E-state index contributed by atoms with van der Waals surface area (Å²) in [5, 5.41) is 27.6. The molecule has 0 aromatic heterocycles. The predicted octanol–water partition coefficient (Wildman–Crippen LogP) is -1.18. The van der Waals surface area contributed by atoms with Gasteiger partial charge in [-0.05, 0) is 0 Å². The van der Waals surface area contributed by atoms with Crippen LogP contribution in [-0.4, -0.2) is 59.7 Å². The van der Waals surface area contributed by atoms with Crippen LogP contribution >= 0.6 is 0 Å². The third-order valence-electron chi connectivity index (χ3n) is 2.12. The van der Waals surface area contributed by atoms with Crippen molar-refractivity contribution < 1.29 is 24.8 Å². The van der Waals surface area contributed by atoms with Crippen molar-refractivity contribution in [3.8, 4) is 0 Å². The molecule has 0 radical (unpaired) electrons. The number of ether oxygens (including phenoxy) is 2. The fraction of sp³-hybridized carbons (Fsp3) is 1.00. The highest BCUT2D eigenvalue weighted by molar-refractivity contribution is 4.80. The summed E-state index contributed by atoms with van der Waals surface area (Å²) in [5.74, 6) is 0. The summed E-state index contributed by atoms with van der Waals surface area (Å²) >= 11 is 0. The number of hydrogen-bond acceptors (Lipinski definition) is 6. The molecule has 1 fully saturated rings. The quantitative estimate of drug-likeness (QED) is 0.490. The number of aliphatic hydroxyl groups is 3. The Morgan fingerprint density at radius 2 is 1.94 bits per heavy atom. The van der Waals surface area contributed by atoms with Crippen LogP contribution in [0.4, 0.5) is 0 Å². The van der Waals surface area contributed by atoms with Crippen molar-refractivity contribution in [2.45, 2.75) is 44.9 Å². The Labute approximate surface area is 96.0 Å². The van der Waals surface area contributed by atoms with Gasteiger partial charge in [0.2, 0.25) is 0 Å². The van der Waals surface area contributed by atoms with Gasteiger partial charge in [-0.15, -0.1) is 0 Å². The number of nitrogens with two attached hydrogens (primary N) is 1. The van der Waals surface area contributed by atoms with Gasteiger partial charge in [-0.25, -0.2) is 0 Å². The Kier molecular flexibility index (Phi) is 8.73. The molecule has 4 atom stereocenters. The third kappa shape index (κ3) is 4.73. The number of hydrogen-bond donors (Lipinski definition) is 4. The van der Waals surface area contributed by atoms with Crippen LogP contribution in [0.25, 0.3) is 0 Å². The summed E-state index contributed by atoms with van der Waals surface area (Å²) in [5.41, 5.74) is 5.22. The van der Waals surface area contributed by atoms with Crippen LogP contribution in [0.15, 0.2) is 0 Å². The van der Waals surface area contributed by atoms with Gasteiger partial charge in [-0.2, -0.15) is 0 Å². The molecule has 1 aliphatic heterocycles. The smallest absolute Gasteiger partial charge is 0.184 e. The lowest BCUT2D eigenvalue weighted by atomic mass is 10.0. The van der Waals surface area contributed by atoms with Crippen LogP contribution < -0.4 is 5.73 Å². The molecule has 1 aliphatic rings. The van der Waals surface area contributed by atoms with Crippen molar-refractivity contribution in [3.63, 3.8) is 0 Å². The van der Waals surface area contributed by atoms with Crippen LogP contribution in [0.1, 0.15) is 20.3 Å². The van der Waals surface area contributed by atoms with Gasteiger partial charge in [0.15, 0.2) is 6.29 Å². The van der Waals surface area contributed by atoms with Gasteiger partial charge in [0.1, 0.15) is 12.2 Å². The van der Waals surface area contributed by atoms with Gasteiger partial charge in [0.25, 0.3) is 0 Å². The number of aliphatic hydroxyl groups excluding tert-OH is 3. The average Bonchev–Trinajstić information content (AvgIpc) is 2.31. The van der Waals surface area contributed by atoms with Gasteiger partial charge in [-0.3, -0.25) is 0 Å². The Balaban J connectivity index is 0.00000106. The molecule has 0 saturated carbocycles. The van der Waals surface area contributed by atoms with Crippen molar-refractivity contribution in [3.05, 3.63) is 0 Å². The molecule has 1 heterocycles. The fourth-order valence-corrected chi connectivity index (χ4v) is 1.36. The zero-order valence-corrected chi connectivity index (χ0v) is 9.87. The second kappa shape index (κ2) is 8.86. The first-order valence-electron chi connectivity index (χ1n) is 5.63. The van der Waals surface area contributed by atoms with Crippen molar-refractivity contribution in [1.29, 1.82) is 0 Å². The van der Waals surface area contributed by atoms with E-state index < -0.39 is 24.6 Å². The molecule has 0 bridgehead atoms. The molecule has 1 rings (SSSR count). The molecule has 5 N–H and O–H groups in total. The summed E-state index contributed by atoms with van der Waals surface area (Å²) in [7, 11) is 0. The van der Waals surface area contributed by atoms with E-state index in [-0.39, 0.29) is 19.6 Å². The molecule has 0 aliphatic carbocycles. The first kappa shape index (κ1) is 15.8. The Morgan fingerprint density at radius 3 is 2.44 bits per heavy atom. The Hall–Kier alpha value is -0.240. The minimum Gasteiger partial charge on any atom is -0.394 e. The van der Waals surface area contributed by atoms with Crippen LogP contribution in [0.3, 0.4) is 0 Å². The highest BCUT2D eigenvalue weighted by atomic mass is 16.7. The second-order valence-corrected chi connectivity index (χ2v) is 3.26. The third-order valence-corrected chi connectivity index (χ3v) is 2.12. The molecule has 98 valence electrons. The van der Waals surface area contributed by atoms with Crippen molar-refractivity contribution in [2.75, 3.05) is 19.8 Å². The van der Waals surface area contributed by atoms with E-state index in [2.05, 4.69) is 0 Å². The molecule has 6 nitrogen and oxygen atoms in total. The summed E-state index contributed by atoms with van der Waals surface area (Å²) in [6.45, 7) is 4.31. The second-order valence-electron chi connectivity index (χ2n) is 3.26. The van der Waals surface area contributed by atoms with Crippen LogP contribution in [0, 0.1) is 0 Å². The standard InChI is InChI=1S/C8H17NO5.C2H6/c9-1-2-13-8-6(12)3-5(11)7(4-10)14-8;1-2/h5-8,10-12H,1-4,9H2;1-2H3. The van der Waals surface area contributed by atoms with Crippen molar-refractivity contribution >= 4 is 0 Å². The average molecular weight is 237 g/mol. The van der Waals surface area contributed by atoms with Gasteiger partial charge in [0, 0.05) is 13.0 Å². The number of rotatable bonds is 4. The van der Waals surface area contributed by atoms with E-state index in [1.165, 1.54) is 0 Å². The van der Waals surface area contributed by atoms with E-state index in [0.29, 0.717) is 6.54 Å². The predicted molar refractivity (Wildman–Crippen MR) is 58.7 cm³/mol. The summed E-state index contributed by atoms with van der Waals surface area (Å²) < 4.78 is 10.2. The van der Waals surface area contributed by atoms with Gasteiger partial charge >= 0.3 is 0 Å². The van der Waals surface area contributed by atoms with Crippen molar-refractivity contribution in [1.82, 2.24) is 0 Å². The minimum atomic E-state index is -0.876. The SMILES string of the molecule is CC.NCCOC1OC(CO)C(O)CC1O. The largest absolute Gasteiger partial charge is 0.394 e. The molecule has 0 spiro atoms. The molecule has 6 heteroatoms. The summed E-state index contributed by atoms with van der Waals surface area (Å²) in [4.78, 5) is 0. The first-order chi connectivity index (χ1) is 7.69. The van der Waals surface area contributed by atoms with E-state index in [9.17, 15) is 10.2 Å². The van der Waals surface area contributed by atoms with Crippen molar-refractivity contribution in [2.24, 2.45) is 5.73 Å². The molecule has 16 heavy (non-hydrogen) atoms. The first-order valence-corrected chi connectivity index (χ1v) is 5.63. The van der Waals surface area contributed by atoms with Crippen LogP contribution in [-0.2, 0) is 9.47 Å². The lowest BCUT2D eigenvalue weighted by molar-refractivity contribution is -0.269. The molecule has 0 amide bonds. The summed E-state index contributed by atoms with van der Waals surface area (Å²) in [6.07, 6.45) is -3.09. The molecule has 1 saturated heterocycles. The van der Waals surface area contributed by atoms with E-state index in [1.807, 2.05) is 13.8 Å². The minimum absolute atomic E-state index is 0.139. The van der Waals surface area contributed by atoms with Gasteiger partial charge in [-0.1, -0.05) is 13.8 Å². The summed E-state index contributed by atoms with van der Waals surface area (Å²) in [6, 6.07) is 0. The maximum Gasteiger partial charge on any atom is 0.184 e. The zero-order chi connectivity index (χ0) is 12.6.